The van der Waals surface area contributed by atoms with E-state index in [1.54, 1.807) is 27.2 Å². The molecule has 150 valence electrons. The standard InChI is InChI=1S/C22H24N4O3/c1-14-5-8-17(9-6-14)26-22(27)18-12-21(25-15(2)24-18)23-13-16-7-10-19(28-3)20(11-16)29-4/h5-12H,13H2,1-4H3,(H,26,27)(H,23,24,25). The molecule has 0 bridgehead atoms. The first-order chi connectivity index (χ1) is 14.0. The average molecular weight is 392 g/mol. The Kier molecular flexibility index (Phi) is 6.29. The van der Waals surface area contributed by atoms with Crippen molar-refractivity contribution in [3.05, 3.63) is 71.2 Å². The molecule has 7 heteroatoms. The predicted octanol–water partition coefficient (Wildman–Crippen LogP) is 3.98. The zero-order chi connectivity index (χ0) is 20.8. The number of hydrogen-bond donors (Lipinski definition) is 2. The number of amides is 1. The molecule has 3 rings (SSSR count). The smallest absolute Gasteiger partial charge is 0.274 e. The van der Waals surface area contributed by atoms with Crippen LogP contribution in [0, 0.1) is 13.8 Å². The summed E-state index contributed by atoms with van der Waals surface area (Å²) in [6, 6.07) is 14.9. The van der Waals surface area contributed by atoms with Gasteiger partial charge in [-0.15, -0.1) is 0 Å². The Morgan fingerprint density at radius 1 is 0.931 bits per heavy atom. The highest BCUT2D eigenvalue weighted by Crippen LogP contribution is 2.27. The van der Waals surface area contributed by atoms with Gasteiger partial charge in [0.15, 0.2) is 11.5 Å². The van der Waals surface area contributed by atoms with E-state index >= 15 is 0 Å². The third-order valence-corrected chi connectivity index (χ3v) is 4.30. The molecule has 7 nitrogen and oxygen atoms in total. The van der Waals surface area contributed by atoms with E-state index in [-0.39, 0.29) is 5.91 Å². The molecule has 0 saturated heterocycles. The summed E-state index contributed by atoms with van der Waals surface area (Å²) in [4.78, 5) is 21.2. The van der Waals surface area contributed by atoms with E-state index in [9.17, 15) is 4.79 Å². The Hall–Kier alpha value is -3.61. The lowest BCUT2D eigenvalue weighted by Gasteiger charge is -2.12. The van der Waals surface area contributed by atoms with Crippen LogP contribution >= 0.6 is 0 Å². The Morgan fingerprint density at radius 2 is 1.66 bits per heavy atom. The molecule has 2 N–H and O–H groups in total. The van der Waals surface area contributed by atoms with E-state index < -0.39 is 0 Å². The van der Waals surface area contributed by atoms with Crippen LogP contribution in [-0.2, 0) is 6.54 Å². The van der Waals surface area contributed by atoms with Crippen molar-refractivity contribution in [2.75, 3.05) is 24.9 Å². The number of carbonyl (C=O) groups is 1. The second-order valence-corrected chi connectivity index (χ2v) is 6.55. The van der Waals surface area contributed by atoms with Gasteiger partial charge in [-0.25, -0.2) is 9.97 Å². The highest BCUT2D eigenvalue weighted by atomic mass is 16.5. The second-order valence-electron chi connectivity index (χ2n) is 6.55. The summed E-state index contributed by atoms with van der Waals surface area (Å²) in [5.41, 5.74) is 3.14. The number of benzene rings is 2. The SMILES string of the molecule is COc1ccc(CNc2cc(C(=O)Nc3ccc(C)cc3)nc(C)n2)cc1OC. The fraction of sp³-hybridized carbons (Fsp3) is 0.227. The molecule has 0 atom stereocenters. The lowest BCUT2D eigenvalue weighted by Crippen LogP contribution is -2.15. The minimum absolute atomic E-state index is 0.284. The van der Waals surface area contributed by atoms with Crippen molar-refractivity contribution in [3.8, 4) is 11.5 Å². The molecule has 0 unspecified atom stereocenters. The van der Waals surface area contributed by atoms with Crippen LogP contribution in [0.3, 0.4) is 0 Å². The topological polar surface area (TPSA) is 85.4 Å². The molecule has 1 amide bonds. The Labute approximate surface area is 170 Å². The van der Waals surface area contributed by atoms with Gasteiger partial charge in [0.2, 0.25) is 0 Å². The van der Waals surface area contributed by atoms with Gasteiger partial charge in [-0.1, -0.05) is 23.8 Å². The van der Waals surface area contributed by atoms with E-state index in [2.05, 4.69) is 20.6 Å². The Morgan fingerprint density at radius 3 is 2.34 bits per heavy atom. The molecule has 0 radical (unpaired) electrons. The molecular formula is C22H24N4O3. The van der Waals surface area contributed by atoms with Gasteiger partial charge in [-0.05, 0) is 43.7 Å². The van der Waals surface area contributed by atoms with Gasteiger partial charge in [-0.3, -0.25) is 4.79 Å². The van der Waals surface area contributed by atoms with Crippen LogP contribution in [0.25, 0.3) is 0 Å². The lowest BCUT2D eigenvalue weighted by atomic mass is 10.2. The number of aryl methyl sites for hydroxylation is 2. The van der Waals surface area contributed by atoms with Crippen LogP contribution in [0.5, 0.6) is 11.5 Å². The summed E-state index contributed by atoms with van der Waals surface area (Å²) in [5.74, 6) is 2.12. The molecule has 2 aromatic carbocycles. The zero-order valence-electron chi connectivity index (χ0n) is 16.9. The van der Waals surface area contributed by atoms with Gasteiger partial charge < -0.3 is 20.1 Å². The maximum absolute atomic E-state index is 12.6. The van der Waals surface area contributed by atoms with Gasteiger partial charge >= 0.3 is 0 Å². The molecule has 1 heterocycles. The van der Waals surface area contributed by atoms with E-state index in [0.29, 0.717) is 35.4 Å². The van der Waals surface area contributed by atoms with Gasteiger partial charge in [0.05, 0.1) is 14.2 Å². The molecule has 29 heavy (non-hydrogen) atoms. The number of nitrogens with one attached hydrogen (secondary N) is 2. The van der Waals surface area contributed by atoms with Crippen molar-refractivity contribution >= 4 is 17.4 Å². The Balaban J connectivity index is 1.71. The number of nitrogens with zero attached hydrogens (tertiary/aromatic N) is 2. The van der Waals surface area contributed by atoms with Crippen molar-refractivity contribution in [1.82, 2.24) is 9.97 Å². The summed E-state index contributed by atoms with van der Waals surface area (Å²) in [6.07, 6.45) is 0. The van der Waals surface area contributed by atoms with Crippen LogP contribution in [0.15, 0.2) is 48.5 Å². The van der Waals surface area contributed by atoms with Crippen molar-refractivity contribution in [3.63, 3.8) is 0 Å². The first kappa shape index (κ1) is 20.1. The average Bonchev–Trinajstić information content (AvgIpc) is 2.73. The quantitative estimate of drug-likeness (QED) is 0.633. The van der Waals surface area contributed by atoms with Crippen molar-refractivity contribution in [2.45, 2.75) is 20.4 Å². The van der Waals surface area contributed by atoms with Crippen LogP contribution in [0.4, 0.5) is 11.5 Å². The number of hydrogen-bond acceptors (Lipinski definition) is 6. The van der Waals surface area contributed by atoms with E-state index in [1.165, 1.54) is 0 Å². The number of anilines is 2. The van der Waals surface area contributed by atoms with Gasteiger partial charge in [-0.2, -0.15) is 0 Å². The summed E-state index contributed by atoms with van der Waals surface area (Å²) in [6.45, 7) is 4.26. The molecule has 0 fully saturated rings. The van der Waals surface area contributed by atoms with E-state index in [0.717, 1.165) is 16.8 Å². The first-order valence-electron chi connectivity index (χ1n) is 9.17. The zero-order valence-corrected chi connectivity index (χ0v) is 16.9. The van der Waals surface area contributed by atoms with Crippen LogP contribution in [0.1, 0.15) is 27.4 Å². The first-order valence-corrected chi connectivity index (χ1v) is 9.17. The normalized spacial score (nSPS) is 10.3. The van der Waals surface area contributed by atoms with Crippen LogP contribution < -0.4 is 20.1 Å². The van der Waals surface area contributed by atoms with E-state index in [4.69, 9.17) is 9.47 Å². The molecule has 0 aliphatic rings. The summed E-state index contributed by atoms with van der Waals surface area (Å²) < 4.78 is 10.6. The second kappa shape index (κ2) is 9.05. The minimum Gasteiger partial charge on any atom is -0.493 e. The Bertz CT molecular complexity index is 1000. The molecule has 1 aromatic heterocycles. The predicted molar refractivity (Wildman–Crippen MR) is 113 cm³/mol. The monoisotopic (exact) mass is 392 g/mol. The molecule has 0 saturated carbocycles. The minimum atomic E-state index is -0.284. The number of aromatic nitrogens is 2. The number of rotatable bonds is 7. The fourth-order valence-corrected chi connectivity index (χ4v) is 2.79. The molecule has 3 aromatic rings. The lowest BCUT2D eigenvalue weighted by molar-refractivity contribution is 0.102. The van der Waals surface area contributed by atoms with Gasteiger partial charge in [0.25, 0.3) is 5.91 Å². The third-order valence-electron chi connectivity index (χ3n) is 4.30. The number of methoxy groups -OCH3 is 2. The highest BCUT2D eigenvalue weighted by Gasteiger charge is 2.11. The van der Waals surface area contributed by atoms with E-state index in [1.807, 2.05) is 49.4 Å². The third kappa shape index (κ3) is 5.22. The molecular weight excluding hydrogens is 368 g/mol. The van der Waals surface area contributed by atoms with Gasteiger partial charge in [0, 0.05) is 18.3 Å². The van der Waals surface area contributed by atoms with Gasteiger partial charge in [0.1, 0.15) is 17.3 Å². The molecule has 0 aliphatic carbocycles. The van der Waals surface area contributed by atoms with Crippen molar-refractivity contribution in [2.24, 2.45) is 0 Å². The van der Waals surface area contributed by atoms with Crippen molar-refractivity contribution in [1.29, 1.82) is 0 Å². The maximum Gasteiger partial charge on any atom is 0.274 e. The molecule has 0 spiro atoms. The van der Waals surface area contributed by atoms with Crippen molar-refractivity contribution < 1.29 is 14.3 Å². The fourth-order valence-electron chi connectivity index (χ4n) is 2.79. The summed E-state index contributed by atoms with van der Waals surface area (Å²) in [7, 11) is 3.20. The van der Waals surface area contributed by atoms with Crippen LogP contribution in [-0.4, -0.2) is 30.1 Å². The maximum atomic E-state index is 12.6. The summed E-state index contributed by atoms with van der Waals surface area (Å²) in [5, 5.41) is 6.08. The van der Waals surface area contributed by atoms with Crippen LogP contribution in [0.2, 0.25) is 0 Å². The molecule has 0 aliphatic heterocycles. The number of carbonyl (C=O) groups excluding carboxylic acids is 1. The number of ether oxygens (including phenoxy) is 2. The highest BCUT2D eigenvalue weighted by molar-refractivity contribution is 6.03. The largest absolute Gasteiger partial charge is 0.493 e. The summed E-state index contributed by atoms with van der Waals surface area (Å²) >= 11 is 0.